The number of nitrogens with one attached hydrogen (secondary N) is 3. The first-order valence-electron chi connectivity index (χ1n) is 6.99. The van der Waals surface area contributed by atoms with Gasteiger partial charge in [0.15, 0.2) is 5.04 Å². The summed E-state index contributed by atoms with van der Waals surface area (Å²) in [6.45, 7) is 0. The third-order valence-corrected chi connectivity index (χ3v) is 4.99. The van der Waals surface area contributed by atoms with Crippen molar-refractivity contribution in [2.75, 3.05) is 0 Å². The molecule has 1 aromatic rings. The molecule has 3 unspecified atom stereocenters. The minimum absolute atomic E-state index is 0.313. The highest BCUT2D eigenvalue weighted by molar-refractivity contribution is 8.01. The van der Waals surface area contributed by atoms with Gasteiger partial charge in [0.25, 0.3) is 0 Å². The van der Waals surface area contributed by atoms with Gasteiger partial charge in [-0.3, -0.25) is 9.96 Å². The standard InChI is InChI=1S/C15H16N4O4S/c16-8-11(9-4-2-1-3-5-9)15(20)7-12(17)10(6-13(15)18)14(19)24(21,22)23/h1-5,10-11,17-20H,6-7H2,(H,21,22,23). The van der Waals surface area contributed by atoms with E-state index in [2.05, 4.69) is 0 Å². The molecule has 5 N–H and O–H groups in total. The van der Waals surface area contributed by atoms with E-state index in [0.717, 1.165) is 0 Å². The van der Waals surface area contributed by atoms with Crippen molar-refractivity contribution in [1.82, 2.24) is 0 Å². The summed E-state index contributed by atoms with van der Waals surface area (Å²) in [4.78, 5) is 0. The van der Waals surface area contributed by atoms with Gasteiger partial charge in [-0.25, -0.2) is 0 Å². The van der Waals surface area contributed by atoms with Gasteiger partial charge >= 0.3 is 10.1 Å². The second kappa shape index (κ2) is 6.24. The summed E-state index contributed by atoms with van der Waals surface area (Å²) in [5.41, 5.74) is -2.13. The number of hydrogen-bond acceptors (Lipinski definition) is 7. The summed E-state index contributed by atoms with van der Waals surface area (Å²) < 4.78 is 31.2. The zero-order valence-corrected chi connectivity index (χ0v) is 13.3. The minimum Gasteiger partial charge on any atom is -0.382 e. The van der Waals surface area contributed by atoms with Crippen molar-refractivity contribution < 1.29 is 18.1 Å². The maximum Gasteiger partial charge on any atom is 0.308 e. The molecule has 1 aromatic carbocycles. The fraction of sp³-hybridized carbons (Fsp3) is 0.333. The Morgan fingerprint density at radius 2 is 1.92 bits per heavy atom. The second-order valence-corrected chi connectivity index (χ2v) is 7.06. The molecule has 0 aromatic heterocycles. The average Bonchev–Trinajstić information content (AvgIpc) is 2.51. The third kappa shape index (κ3) is 3.12. The number of rotatable bonds is 3. The van der Waals surface area contributed by atoms with Crippen LogP contribution in [0.5, 0.6) is 0 Å². The van der Waals surface area contributed by atoms with Crippen molar-refractivity contribution in [1.29, 1.82) is 21.5 Å². The van der Waals surface area contributed by atoms with Gasteiger partial charge in [0.2, 0.25) is 0 Å². The highest BCUT2D eigenvalue weighted by atomic mass is 32.2. The Kier molecular flexibility index (Phi) is 4.66. The summed E-state index contributed by atoms with van der Waals surface area (Å²) in [6.07, 6.45) is -0.875. The molecule has 9 heteroatoms. The van der Waals surface area contributed by atoms with Crippen LogP contribution < -0.4 is 0 Å². The predicted molar refractivity (Wildman–Crippen MR) is 87.2 cm³/mol. The van der Waals surface area contributed by atoms with Gasteiger partial charge in [-0.05, 0) is 5.56 Å². The molecule has 1 aliphatic rings. The molecule has 0 radical (unpaired) electrons. The lowest BCUT2D eigenvalue weighted by molar-refractivity contribution is 0.0981. The lowest BCUT2D eigenvalue weighted by Gasteiger charge is -2.39. The molecule has 1 saturated carbocycles. The van der Waals surface area contributed by atoms with E-state index < -0.39 is 45.4 Å². The van der Waals surface area contributed by atoms with Crippen LogP contribution in [0.3, 0.4) is 0 Å². The second-order valence-electron chi connectivity index (χ2n) is 5.67. The van der Waals surface area contributed by atoms with Crippen molar-refractivity contribution >= 4 is 26.6 Å². The quantitative estimate of drug-likeness (QED) is 0.315. The highest BCUT2D eigenvalue weighted by Crippen LogP contribution is 2.38. The van der Waals surface area contributed by atoms with E-state index in [1.165, 1.54) is 0 Å². The molecule has 1 fully saturated rings. The topological polar surface area (TPSA) is 170 Å². The molecule has 0 bridgehead atoms. The van der Waals surface area contributed by atoms with Crippen molar-refractivity contribution in [3.05, 3.63) is 35.9 Å². The molecule has 1 aliphatic carbocycles. The summed E-state index contributed by atoms with van der Waals surface area (Å²) in [5, 5.41) is 42.7. The van der Waals surface area contributed by atoms with E-state index in [4.69, 9.17) is 20.8 Å². The van der Waals surface area contributed by atoms with Gasteiger partial charge in [0.05, 0.1) is 12.0 Å². The molecule has 0 aliphatic heterocycles. The zero-order chi connectivity index (χ0) is 18.1. The molecule has 0 amide bonds. The molecule has 126 valence electrons. The monoisotopic (exact) mass is 348 g/mol. The van der Waals surface area contributed by atoms with Gasteiger partial charge in [-0.15, -0.1) is 0 Å². The number of aliphatic hydroxyl groups is 1. The first-order valence-corrected chi connectivity index (χ1v) is 8.43. The van der Waals surface area contributed by atoms with Crippen LogP contribution in [0, 0.1) is 33.5 Å². The van der Waals surface area contributed by atoms with E-state index in [9.17, 15) is 18.8 Å². The fourth-order valence-electron chi connectivity index (χ4n) is 2.83. The van der Waals surface area contributed by atoms with Gasteiger partial charge in [0.1, 0.15) is 11.5 Å². The Hall–Kier alpha value is -2.41. The lowest BCUT2D eigenvalue weighted by Crippen LogP contribution is -2.53. The molecule has 24 heavy (non-hydrogen) atoms. The van der Waals surface area contributed by atoms with Gasteiger partial charge in [-0.1, -0.05) is 30.3 Å². The number of nitriles is 1. The maximum atomic E-state index is 11.1. The van der Waals surface area contributed by atoms with Crippen molar-refractivity contribution in [2.45, 2.75) is 24.4 Å². The van der Waals surface area contributed by atoms with E-state index in [-0.39, 0.29) is 11.4 Å². The van der Waals surface area contributed by atoms with Crippen molar-refractivity contribution in [3.63, 3.8) is 0 Å². The van der Waals surface area contributed by atoms with E-state index in [1.54, 1.807) is 30.3 Å². The van der Waals surface area contributed by atoms with Crippen LogP contribution >= 0.6 is 0 Å². The first kappa shape index (κ1) is 17.9. The van der Waals surface area contributed by atoms with Gasteiger partial charge < -0.3 is 15.9 Å². The van der Waals surface area contributed by atoms with E-state index in [1.807, 2.05) is 6.07 Å². The van der Waals surface area contributed by atoms with Crippen LogP contribution in [0.25, 0.3) is 0 Å². The molecule has 8 nitrogen and oxygen atoms in total. The predicted octanol–water partition coefficient (Wildman–Crippen LogP) is 1.34. The fourth-order valence-corrected chi connectivity index (χ4v) is 3.42. The summed E-state index contributed by atoms with van der Waals surface area (Å²) in [6, 6.07) is 10.3. The third-order valence-electron chi connectivity index (χ3n) is 4.15. The Bertz CT molecular complexity index is 844. The zero-order valence-electron chi connectivity index (χ0n) is 12.5. The summed E-state index contributed by atoms with van der Waals surface area (Å²) in [7, 11) is -4.77. The Labute approximate surface area is 139 Å². The average molecular weight is 348 g/mol. The van der Waals surface area contributed by atoms with Crippen LogP contribution in [-0.2, 0) is 10.1 Å². The maximum absolute atomic E-state index is 11.1. The Balaban J connectivity index is 2.38. The Morgan fingerprint density at radius 3 is 2.42 bits per heavy atom. The van der Waals surface area contributed by atoms with E-state index >= 15 is 0 Å². The molecule has 0 saturated heterocycles. The summed E-state index contributed by atoms with van der Waals surface area (Å²) in [5.74, 6) is -2.41. The van der Waals surface area contributed by atoms with Gasteiger partial charge in [-0.2, -0.15) is 13.7 Å². The lowest BCUT2D eigenvalue weighted by atomic mass is 9.68. The minimum atomic E-state index is -4.77. The largest absolute Gasteiger partial charge is 0.382 e. The molecular formula is C15H16N4O4S. The number of benzene rings is 1. The van der Waals surface area contributed by atoms with Crippen molar-refractivity contribution in [3.8, 4) is 6.07 Å². The number of hydrogen-bond donors (Lipinski definition) is 5. The van der Waals surface area contributed by atoms with Crippen LogP contribution in [0.2, 0.25) is 0 Å². The SMILES string of the molecule is N#CC(c1ccccc1)C1(O)CC(=N)C(C(=N)S(=O)(=O)O)CC1=N. The van der Waals surface area contributed by atoms with Crippen LogP contribution in [-0.4, -0.2) is 40.1 Å². The molecule has 3 atom stereocenters. The normalized spacial score (nSPS) is 25.8. The molecule has 0 spiro atoms. The Morgan fingerprint density at radius 1 is 1.33 bits per heavy atom. The van der Waals surface area contributed by atoms with Crippen LogP contribution in [0.1, 0.15) is 24.3 Å². The van der Waals surface area contributed by atoms with Gasteiger partial charge in [0, 0.05) is 24.3 Å². The van der Waals surface area contributed by atoms with Crippen molar-refractivity contribution in [2.24, 2.45) is 5.92 Å². The summed E-state index contributed by atoms with van der Waals surface area (Å²) >= 11 is 0. The number of nitrogens with zero attached hydrogens (tertiary/aromatic N) is 1. The molecule has 2 rings (SSSR count). The van der Waals surface area contributed by atoms with Crippen LogP contribution in [0.15, 0.2) is 30.3 Å². The molecule has 0 heterocycles. The van der Waals surface area contributed by atoms with E-state index in [0.29, 0.717) is 5.56 Å². The molecular weight excluding hydrogens is 332 g/mol. The first-order chi connectivity index (χ1) is 11.1. The smallest absolute Gasteiger partial charge is 0.308 e. The highest BCUT2D eigenvalue weighted by Gasteiger charge is 2.49. The van der Waals surface area contributed by atoms with Crippen LogP contribution in [0.4, 0.5) is 0 Å².